The minimum atomic E-state index is -6.10. The summed E-state index contributed by atoms with van der Waals surface area (Å²) in [6.07, 6.45) is -0.608. The average Bonchev–Trinajstić information content (AvgIpc) is 3.55. The predicted octanol–water partition coefficient (Wildman–Crippen LogP) is -3.75. The van der Waals surface area contributed by atoms with E-state index in [9.17, 15) is 94.4 Å². The Bertz CT molecular complexity index is 3550. The van der Waals surface area contributed by atoms with Crippen molar-refractivity contribution in [2.24, 2.45) is 0 Å². The van der Waals surface area contributed by atoms with Crippen LogP contribution in [0.25, 0.3) is 33.4 Å². The molecule has 3 atom stereocenters. The fourth-order valence-electron chi connectivity index (χ4n) is 6.88. The van der Waals surface area contributed by atoms with Gasteiger partial charge in [-0.2, -0.15) is 30.0 Å². The van der Waals surface area contributed by atoms with Gasteiger partial charge in [-0.3, -0.25) is 43.0 Å². The molecule has 4 aliphatic rings. The van der Waals surface area contributed by atoms with Crippen molar-refractivity contribution in [2.75, 3.05) is 24.6 Å². The number of aromatic carboxylic acids is 1. The molecule has 10 N–H and O–H groups in total. The zero-order valence-electron chi connectivity index (χ0n) is 34.6. The van der Waals surface area contributed by atoms with Crippen molar-refractivity contribution in [1.82, 2.24) is 30.5 Å². The fourth-order valence-corrected chi connectivity index (χ4v) is 11.8. The second-order valence-electron chi connectivity index (χ2n) is 14.8. The number of para-hydroxylation sites is 1. The molecule has 1 aliphatic carbocycles. The first kappa shape index (κ1) is 52.5. The quantitative estimate of drug-likeness (QED) is 0.0437. The third-order valence-corrected chi connectivity index (χ3v) is 15.4. The number of carboxylic acids is 1. The molecule has 6 rings (SSSR count). The lowest BCUT2D eigenvalue weighted by Crippen LogP contribution is -2.60. The molecule has 0 radical (unpaired) electrons. The molecule has 0 saturated carbocycles. The van der Waals surface area contributed by atoms with Crippen LogP contribution in [0.5, 0.6) is 0 Å². The van der Waals surface area contributed by atoms with E-state index in [0.717, 1.165) is 36.4 Å². The van der Waals surface area contributed by atoms with Crippen molar-refractivity contribution < 1.29 is 104 Å². The fraction of sp³-hybridized carbons (Fsp3) is 0.257. The van der Waals surface area contributed by atoms with Gasteiger partial charge in [0.25, 0.3) is 48.1 Å². The maximum Gasteiger partial charge on any atom is 0.363 e. The first-order valence-corrected chi connectivity index (χ1v) is 26.8. The SMILES string of the molecule is N=c1ccc2c(-c3ccc(C(=O)ON4C(=O)CCC4=O)cc3C(=O)O)c3cccc4c3oc-2c1S(=O)(=O)NCCNC(=O)C(CS(=O)(=O)O)NC(=O)C(CS(=O)(=O)O)NC(=O)C(S(=O)(=O)O)NS4(=O)=O. The van der Waals surface area contributed by atoms with Crippen LogP contribution in [0.1, 0.15) is 33.6 Å². The zero-order valence-corrected chi connectivity index (χ0v) is 38.7. The van der Waals surface area contributed by atoms with Crippen molar-refractivity contribution in [3.63, 3.8) is 0 Å². The summed E-state index contributed by atoms with van der Waals surface area (Å²) in [6, 6.07) is 1.86. The number of rotatable bonds is 9. The summed E-state index contributed by atoms with van der Waals surface area (Å²) < 4.78 is 168. The van der Waals surface area contributed by atoms with Gasteiger partial charge < -0.3 is 30.3 Å². The van der Waals surface area contributed by atoms with Crippen LogP contribution in [0.3, 0.4) is 0 Å². The van der Waals surface area contributed by atoms with Crippen LogP contribution < -0.4 is 30.8 Å². The molecule has 3 heterocycles. The third kappa shape index (κ3) is 11.4. The smallest absolute Gasteiger partial charge is 0.363 e. The van der Waals surface area contributed by atoms with Crippen LogP contribution in [-0.4, -0.2) is 149 Å². The van der Waals surface area contributed by atoms with Crippen molar-refractivity contribution in [1.29, 1.82) is 5.41 Å². The Morgan fingerprint density at radius 2 is 1.36 bits per heavy atom. The lowest BCUT2D eigenvalue weighted by molar-refractivity contribution is -0.172. The van der Waals surface area contributed by atoms with E-state index >= 15 is 0 Å². The second-order valence-corrected chi connectivity index (χ2v) is 22.7. The molecule has 2 bridgehead atoms. The maximum absolute atomic E-state index is 14.3. The van der Waals surface area contributed by atoms with Crippen molar-refractivity contribution in [3.05, 3.63) is 65.0 Å². The number of nitrogens with one attached hydrogen (secondary N) is 6. The van der Waals surface area contributed by atoms with Gasteiger partial charge in [0.15, 0.2) is 16.2 Å². The van der Waals surface area contributed by atoms with E-state index in [1.54, 1.807) is 5.32 Å². The van der Waals surface area contributed by atoms with Gasteiger partial charge in [-0.1, -0.05) is 18.2 Å². The number of carbonyl (C=O) groups excluding carboxylic acids is 6. The summed E-state index contributed by atoms with van der Waals surface area (Å²) in [6.45, 7) is -1.69. The van der Waals surface area contributed by atoms with Crippen LogP contribution in [0.15, 0.2) is 62.7 Å². The summed E-state index contributed by atoms with van der Waals surface area (Å²) in [5, 5.41) is 19.4. The Labute approximate surface area is 392 Å². The first-order valence-electron chi connectivity index (χ1n) is 19.1. The van der Waals surface area contributed by atoms with E-state index in [0.29, 0.717) is 12.1 Å². The standard InChI is InChI=1S/C35H33N7O23S5/c36-20-7-6-18-26(16-5-4-15(12-19(16)34(48)49)35(50)65-42-24(43)8-9-25(42)44)17-2-1-3-23-27(17)64-28(18)29(20)69(59,60)38-11-10-37-30(45)21(13-66(51,52)53)39-31(46)22(14-67(54,55)56)40-32(47)33(70(61,62)63)41-68(23,57)58/h1-7,12,21-22,33,36,38,41H,8-11,13-14H2,(H,37,45)(H,39,46)(H,40,47)(H,48,49)(H,51,52,53)(H,54,55,56)(H,61,62,63). The van der Waals surface area contributed by atoms with Crippen molar-refractivity contribution in [3.8, 4) is 22.5 Å². The molecule has 30 nitrogen and oxygen atoms in total. The van der Waals surface area contributed by atoms with Gasteiger partial charge in [-0.05, 0) is 35.9 Å². The molecule has 0 spiro atoms. The minimum absolute atomic E-state index is 0.162. The average molecular weight is 1080 g/mol. The van der Waals surface area contributed by atoms with Gasteiger partial charge in [-0.25, -0.2) is 31.1 Å². The van der Waals surface area contributed by atoms with Crippen LogP contribution in [0.2, 0.25) is 0 Å². The molecular weight excluding hydrogens is 1050 g/mol. The van der Waals surface area contributed by atoms with E-state index in [1.165, 1.54) is 10.0 Å². The van der Waals surface area contributed by atoms with E-state index in [-0.39, 0.29) is 17.9 Å². The van der Waals surface area contributed by atoms with Crippen LogP contribution in [0, 0.1) is 5.41 Å². The van der Waals surface area contributed by atoms with Gasteiger partial charge in [0, 0.05) is 42.4 Å². The lowest BCUT2D eigenvalue weighted by atomic mass is 9.90. The third-order valence-electron chi connectivity index (χ3n) is 9.86. The zero-order chi connectivity index (χ0) is 52.1. The predicted molar refractivity (Wildman–Crippen MR) is 228 cm³/mol. The van der Waals surface area contributed by atoms with Crippen molar-refractivity contribution in [2.45, 2.75) is 40.1 Å². The molecule has 376 valence electrons. The highest BCUT2D eigenvalue weighted by molar-refractivity contribution is 7.92. The highest BCUT2D eigenvalue weighted by atomic mass is 32.2. The number of amides is 5. The van der Waals surface area contributed by atoms with Gasteiger partial charge in [0.2, 0.25) is 37.2 Å². The normalized spacial score (nSPS) is 20.8. The molecule has 35 heteroatoms. The molecule has 2 aromatic rings. The minimum Gasteiger partial charge on any atom is -0.478 e. The molecule has 0 aromatic heterocycles. The second kappa shape index (κ2) is 19.2. The molecule has 1 saturated heterocycles. The number of carboxylic acid groups (broad SMARTS) is 1. The number of hydrogen-bond acceptors (Lipinski definition) is 20. The summed E-state index contributed by atoms with van der Waals surface area (Å²) in [5.41, 5.74) is -3.77. The Morgan fingerprint density at radius 3 is 1.94 bits per heavy atom. The summed E-state index contributed by atoms with van der Waals surface area (Å²) >= 11 is 0. The Hall–Kier alpha value is -6.83. The molecule has 3 aliphatic heterocycles. The van der Waals surface area contributed by atoms with Gasteiger partial charge in [-0.15, -0.1) is 5.06 Å². The van der Waals surface area contributed by atoms with E-state index in [4.69, 9.17) is 14.7 Å². The number of sulfonamides is 2. The largest absolute Gasteiger partial charge is 0.478 e. The Kier molecular flexibility index (Phi) is 14.4. The molecule has 5 amide bonds. The number of benzene rings is 3. The Morgan fingerprint density at radius 1 is 0.771 bits per heavy atom. The van der Waals surface area contributed by atoms with Gasteiger partial charge in [0.1, 0.15) is 28.5 Å². The van der Waals surface area contributed by atoms with Crippen LogP contribution >= 0.6 is 0 Å². The highest BCUT2D eigenvalue weighted by Gasteiger charge is 2.41. The van der Waals surface area contributed by atoms with E-state index in [2.05, 4.69) is 0 Å². The number of imide groups is 1. The van der Waals surface area contributed by atoms with Crippen LogP contribution in [-0.2, 0) is 79.2 Å². The molecule has 1 fully saturated rings. The van der Waals surface area contributed by atoms with Gasteiger partial charge in [0.05, 0.1) is 16.5 Å². The van der Waals surface area contributed by atoms with Gasteiger partial charge >= 0.3 is 11.9 Å². The van der Waals surface area contributed by atoms with E-state index in [1.807, 2.05) is 10.0 Å². The molecular formula is C35H33N7O23S5. The summed E-state index contributed by atoms with van der Waals surface area (Å²) in [4.78, 5) is 92.8. The molecule has 70 heavy (non-hydrogen) atoms. The summed E-state index contributed by atoms with van der Waals surface area (Å²) in [7, 11) is -27.7. The topological polar surface area (TPSA) is 481 Å². The van der Waals surface area contributed by atoms with Crippen LogP contribution in [0.4, 0.5) is 0 Å². The highest BCUT2D eigenvalue weighted by Crippen LogP contribution is 2.45. The maximum atomic E-state index is 14.3. The number of carbonyl (C=O) groups is 7. The molecule has 3 unspecified atom stereocenters. The molecule has 2 aromatic carbocycles. The number of nitrogens with zero attached hydrogens (tertiary/aromatic N) is 1. The summed E-state index contributed by atoms with van der Waals surface area (Å²) in [5.74, 6) is -15.3. The van der Waals surface area contributed by atoms with E-state index < -0.39 is 194 Å². The first-order chi connectivity index (χ1) is 32.3. The van der Waals surface area contributed by atoms with Crippen molar-refractivity contribution >= 4 is 103 Å². The number of hydroxylamine groups is 2. The Balaban J connectivity index is 1.63. The lowest BCUT2D eigenvalue weighted by Gasteiger charge is -2.24. The number of hydrogen-bond donors (Lipinski definition) is 10. The monoisotopic (exact) mass is 1080 g/mol.